The van der Waals surface area contributed by atoms with Crippen LogP contribution in [0.4, 0.5) is 0 Å². The maximum atomic E-state index is 12.5. The molecule has 1 aromatic carbocycles. The van der Waals surface area contributed by atoms with Gasteiger partial charge < -0.3 is 5.32 Å². The number of hydrogen-bond acceptors (Lipinski definition) is 4. The zero-order chi connectivity index (χ0) is 18.0. The van der Waals surface area contributed by atoms with E-state index in [1.165, 1.54) is 11.0 Å². The highest BCUT2D eigenvalue weighted by atomic mass is 35.5. The van der Waals surface area contributed by atoms with Crippen molar-refractivity contribution in [1.29, 1.82) is 0 Å². The van der Waals surface area contributed by atoms with E-state index >= 15 is 0 Å². The molecule has 1 amide bonds. The van der Waals surface area contributed by atoms with Crippen LogP contribution < -0.4 is 11.1 Å². The van der Waals surface area contributed by atoms with Gasteiger partial charge in [0.15, 0.2) is 5.82 Å². The first-order chi connectivity index (χ1) is 12.0. The van der Waals surface area contributed by atoms with Gasteiger partial charge in [0.1, 0.15) is 6.54 Å². The van der Waals surface area contributed by atoms with Crippen LogP contribution in [0.25, 0.3) is 11.4 Å². The molecule has 2 aromatic rings. The maximum Gasteiger partial charge on any atom is 0.442 e. The van der Waals surface area contributed by atoms with Gasteiger partial charge in [-0.15, -0.1) is 0 Å². The summed E-state index contributed by atoms with van der Waals surface area (Å²) in [6.07, 6.45) is 3.26. The number of carbonyl (C=O) groups excluding carboxylic acids is 1. The van der Waals surface area contributed by atoms with E-state index in [9.17, 15) is 9.59 Å². The molecule has 134 valence electrons. The van der Waals surface area contributed by atoms with Gasteiger partial charge in [0.25, 0.3) is 0 Å². The van der Waals surface area contributed by atoms with Crippen molar-refractivity contribution in [3.63, 3.8) is 0 Å². The number of rotatable bonds is 4. The van der Waals surface area contributed by atoms with Crippen LogP contribution in [0.1, 0.15) is 33.1 Å². The molecule has 6 nitrogen and oxygen atoms in total. The largest absolute Gasteiger partial charge is 0.442 e. The highest BCUT2D eigenvalue weighted by Gasteiger charge is 2.28. The lowest BCUT2D eigenvalue weighted by atomic mass is 9.78. The molecule has 0 saturated heterocycles. The van der Waals surface area contributed by atoms with Crippen molar-refractivity contribution in [3.05, 3.63) is 39.8 Å². The fraction of sp³-hybridized carbons (Fsp3) is 0.500. The van der Waals surface area contributed by atoms with Gasteiger partial charge in [-0.3, -0.25) is 9.32 Å². The molecule has 0 bridgehead atoms. The minimum Gasteiger partial charge on any atom is -0.352 e. The molecule has 3 atom stereocenters. The number of amides is 1. The summed E-state index contributed by atoms with van der Waals surface area (Å²) in [6.45, 7) is 4.24. The van der Waals surface area contributed by atoms with Crippen LogP contribution in [0.5, 0.6) is 0 Å². The lowest BCUT2D eigenvalue weighted by Crippen LogP contribution is -2.45. The Bertz CT molecular complexity index is 814. The van der Waals surface area contributed by atoms with Crippen LogP contribution in [-0.4, -0.2) is 21.7 Å². The van der Waals surface area contributed by atoms with E-state index in [0.717, 1.165) is 12.8 Å². The second-order valence-electron chi connectivity index (χ2n) is 6.78. The Kier molecular flexibility index (Phi) is 5.27. The summed E-state index contributed by atoms with van der Waals surface area (Å²) in [5.41, 5.74) is 0.558. The quantitative estimate of drug-likeness (QED) is 0.905. The van der Waals surface area contributed by atoms with E-state index in [0.29, 0.717) is 22.4 Å². The molecule has 3 rings (SSSR count). The molecule has 0 spiro atoms. The average Bonchev–Trinajstić information content (AvgIpc) is 2.93. The summed E-state index contributed by atoms with van der Waals surface area (Å²) < 4.78 is 5.97. The third-order valence-corrected chi connectivity index (χ3v) is 5.49. The van der Waals surface area contributed by atoms with Crippen molar-refractivity contribution in [2.24, 2.45) is 11.8 Å². The molecular weight excluding hydrogens is 342 g/mol. The molecule has 3 unspecified atom stereocenters. The Labute approximate surface area is 151 Å². The Morgan fingerprint density at radius 3 is 2.88 bits per heavy atom. The zero-order valence-corrected chi connectivity index (χ0v) is 15.1. The third-order valence-electron chi connectivity index (χ3n) is 5.16. The molecule has 1 N–H and O–H groups in total. The smallest absolute Gasteiger partial charge is 0.352 e. The summed E-state index contributed by atoms with van der Waals surface area (Å²) in [7, 11) is 0. The van der Waals surface area contributed by atoms with Gasteiger partial charge in [-0.2, -0.15) is 0 Å². The van der Waals surface area contributed by atoms with Crippen molar-refractivity contribution in [3.8, 4) is 11.4 Å². The zero-order valence-electron chi connectivity index (χ0n) is 14.4. The van der Waals surface area contributed by atoms with Gasteiger partial charge in [-0.25, -0.2) is 9.36 Å². The molecule has 1 saturated carbocycles. The first-order valence-corrected chi connectivity index (χ1v) is 8.96. The topological polar surface area (TPSA) is 77.1 Å². The van der Waals surface area contributed by atoms with E-state index < -0.39 is 5.76 Å². The van der Waals surface area contributed by atoms with Crippen LogP contribution >= 0.6 is 11.6 Å². The summed E-state index contributed by atoms with van der Waals surface area (Å²) in [4.78, 5) is 24.5. The van der Waals surface area contributed by atoms with Crippen molar-refractivity contribution in [2.75, 3.05) is 0 Å². The Morgan fingerprint density at radius 2 is 2.12 bits per heavy atom. The number of halogens is 1. The van der Waals surface area contributed by atoms with E-state index in [1.807, 2.05) is 0 Å². The molecule has 1 fully saturated rings. The molecule has 25 heavy (non-hydrogen) atoms. The summed E-state index contributed by atoms with van der Waals surface area (Å²) in [6, 6.07) is 7.14. The SMILES string of the molecule is CC1CCCC(NC(=O)Cn2c(-c3ccccc3Cl)noc2=O)C1C. The number of aromatic nitrogens is 2. The van der Waals surface area contributed by atoms with Crippen molar-refractivity contribution in [1.82, 2.24) is 15.0 Å². The van der Waals surface area contributed by atoms with Gasteiger partial charge >= 0.3 is 5.76 Å². The monoisotopic (exact) mass is 363 g/mol. The first-order valence-electron chi connectivity index (χ1n) is 8.58. The van der Waals surface area contributed by atoms with Crippen LogP contribution in [-0.2, 0) is 11.3 Å². The first kappa shape index (κ1) is 17.7. The minimum atomic E-state index is -0.671. The van der Waals surface area contributed by atoms with Gasteiger partial charge in [0.2, 0.25) is 5.91 Å². The molecule has 1 aliphatic carbocycles. The molecule has 1 aliphatic rings. The molecule has 0 radical (unpaired) electrons. The van der Waals surface area contributed by atoms with Crippen LogP contribution in [0.2, 0.25) is 5.02 Å². The molecule has 7 heteroatoms. The van der Waals surface area contributed by atoms with Crippen molar-refractivity contribution >= 4 is 17.5 Å². The lowest BCUT2D eigenvalue weighted by molar-refractivity contribution is -0.123. The van der Waals surface area contributed by atoms with E-state index in [-0.39, 0.29) is 24.3 Å². The third kappa shape index (κ3) is 3.79. The lowest BCUT2D eigenvalue weighted by Gasteiger charge is -2.34. The number of nitrogens with one attached hydrogen (secondary N) is 1. The Hall–Kier alpha value is -2.08. The fourth-order valence-corrected chi connectivity index (χ4v) is 3.65. The molecule has 0 aliphatic heterocycles. The number of nitrogens with zero attached hydrogens (tertiary/aromatic N) is 2. The van der Waals surface area contributed by atoms with Crippen molar-refractivity contribution in [2.45, 2.75) is 45.7 Å². The van der Waals surface area contributed by atoms with Crippen molar-refractivity contribution < 1.29 is 9.32 Å². The number of hydrogen-bond donors (Lipinski definition) is 1. The summed E-state index contributed by atoms with van der Waals surface area (Å²) in [5.74, 6) is 0.367. The van der Waals surface area contributed by atoms with Gasteiger partial charge in [-0.05, 0) is 30.4 Å². The molecule has 1 aromatic heterocycles. The Balaban J connectivity index is 1.77. The van der Waals surface area contributed by atoms with E-state index in [1.54, 1.807) is 24.3 Å². The summed E-state index contributed by atoms with van der Waals surface area (Å²) in [5, 5.41) is 7.29. The molecular formula is C18H22ClN3O3. The highest BCUT2D eigenvalue weighted by Crippen LogP contribution is 2.29. The predicted molar refractivity (Wildman–Crippen MR) is 95.3 cm³/mol. The number of benzene rings is 1. The van der Waals surface area contributed by atoms with E-state index in [2.05, 4.69) is 24.3 Å². The van der Waals surface area contributed by atoms with Crippen LogP contribution in [0.3, 0.4) is 0 Å². The predicted octanol–water partition coefficient (Wildman–Crippen LogP) is 3.10. The van der Waals surface area contributed by atoms with Crippen LogP contribution in [0.15, 0.2) is 33.6 Å². The van der Waals surface area contributed by atoms with E-state index in [4.69, 9.17) is 16.1 Å². The number of carbonyl (C=O) groups is 1. The second kappa shape index (κ2) is 7.44. The van der Waals surface area contributed by atoms with Crippen LogP contribution in [0, 0.1) is 11.8 Å². The van der Waals surface area contributed by atoms with Gasteiger partial charge in [0, 0.05) is 11.6 Å². The normalized spacial score (nSPS) is 23.4. The second-order valence-corrected chi connectivity index (χ2v) is 7.19. The fourth-order valence-electron chi connectivity index (χ4n) is 3.43. The van der Waals surface area contributed by atoms with Gasteiger partial charge in [-0.1, -0.05) is 55.6 Å². The highest BCUT2D eigenvalue weighted by molar-refractivity contribution is 6.33. The molecule has 1 heterocycles. The maximum absolute atomic E-state index is 12.5. The summed E-state index contributed by atoms with van der Waals surface area (Å²) >= 11 is 6.17. The minimum absolute atomic E-state index is 0.135. The average molecular weight is 364 g/mol. The van der Waals surface area contributed by atoms with Gasteiger partial charge in [0.05, 0.1) is 5.02 Å². The Morgan fingerprint density at radius 1 is 1.36 bits per heavy atom. The standard InChI is InChI=1S/C18H22ClN3O3/c1-11-6-5-9-15(12(11)2)20-16(23)10-22-17(21-25-18(22)24)13-7-3-4-8-14(13)19/h3-4,7-8,11-12,15H,5-6,9-10H2,1-2H3,(H,20,23).